The molecule has 0 aliphatic carbocycles. The van der Waals surface area contributed by atoms with E-state index in [1.165, 1.54) is 0 Å². The van der Waals surface area contributed by atoms with Crippen LogP contribution < -0.4 is 10.6 Å². The van der Waals surface area contributed by atoms with Crippen LogP contribution in [0, 0.1) is 0 Å². The Hall–Kier alpha value is -1.47. The van der Waals surface area contributed by atoms with Gasteiger partial charge in [0, 0.05) is 12.6 Å². The Morgan fingerprint density at radius 3 is 2.61 bits per heavy atom. The predicted octanol–water partition coefficient (Wildman–Crippen LogP) is 0.544. The van der Waals surface area contributed by atoms with Crippen LogP contribution in [0.3, 0.4) is 0 Å². The number of fused-ring (bicyclic) bond motifs is 1. The highest BCUT2D eigenvalue weighted by Gasteiger charge is 2.54. The lowest BCUT2D eigenvalue weighted by Gasteiger charge is -2.38. The molecule has 1 amide bonds. The van der Waals surface area contributed by atoms with Crippen LogP contribution in [0.4, 0.5) is 0 Å². The molecule has 0 spiro atoms. The lowest BCUT2D eigenvalue weighted by Crippen LogP contribution is -2.66. The van der Waals surface area contributed by atoms with Gasteiger partial charge in [-0.25, -0.2) is 0 Å². The van der Waals surface area contributed by atoms with Crippen molar-refractivity contribution in [2.75, 3.05) is 0 Å². The fourth-order valence-electron chi connectivity index (χ4n) is 3.22. The van der Waals surface area contributed by atoms with Crippen LogP contribution in [-0.2, 0) is 20.8 Å². The number of nitrogens with one attached hydrogen (secondary N) is 2. The zero-order valence-electron chi connectivity index (χ0n) is 13.7. The van der Waals surface area contributed by atoms with Gasteiger partial charge in [-0.15, -0.1) is 0 Å². The summed E-state index contributed by atoms with van der Waals surface area (Å²) in [5.74, 6) is -0.955. The molecule has 0 aromatic heterocycles. The predicted molar refractivity (Wildman–Crippen MR) is 84.5 cm³/mol. The molecule has 0 saturated carbocycles. The molecule has 2 aliphatic rings. The van der Waals surface area contributed by atoms with E-state index in [1.807, 2.05) is 37.3 Å². The normalized spacial score (nSPS) is 35.6. The van der Waals surface area contributed by atoms with E-state index in [0.717, 1.165) is 5.56 Å². The van der Waals surface area contributed by atoms with E-state index >= 15 is 0 Å². The monoisotopic (exact) mass is 320 g/mol. The van der Waals surface area contributed by atoms with Crippen molar-refractivity contribution in [1.29, 1.82) is 0 Å². The zero-order chi connectivity index (χ0) is 16.6. The van der Waals surface area contributed by atoms with Crippen LogP contribution >= 0.6 is 0 Å². The van der Waals surface area contributed by atoms with Crippen molar-refractivity contribution in [3.63, 3.8) is 0 Å². The molecule has 6 heteroatoms. The lowest BCUT2D eigenvalue weighted by molar-refractivity contribution is -0.154. The van der Waals surface area contributed by atoms with Crippen molar-refractivity contribution in [2.45, 2.75) is 63.5 Å². The minimum absolute atomic E-state index is 0.149. The van der Waals surface area contributed by atoms with Gasteiger partial charge in [0.2, 0.25) is 5.91 Å². The summed E-state index contributed by atoms with van der Waals surface area (Å²) < 4.78 is 11.6. The first-order valence-corrected chi connectivity index (χ1v) is 7.99. The van der Waals surface area contributed by atoms with E-state index in [0.29, 0.717) is 6.54 Å². The van der Waals surface area contributed by atoms with Crippen molar-refractivity contribution < 1.29 is 19.4 Å². The van der Waals surface area contributed by atoms with E-state index in [4.69, 9.17) is 9.47 Å². The summed E-state index contributed by atoms with van der Waals surface area (Å²) in [5.41, 5.74) is 1.03. The number of benzene rings is 1. The number of aliphatic hydroxyl groups excluding tert-OH is 1. The van der Waals surface area contributed by atoms with Gasteiger partial charge in [0.1, 0.15) is 18.2 Å². The summed E-state index contributed by atoms with van der Waals surface area (Å²) in [6, 6.07) is 8.93. The Morgan fingerprint density at radius 1 is 1.26 bits per heavy atom. The minimum atomic E-state index is -0.806. The molecule has 2 fully saturated rings. The summed E-state index contributed by atoms with van der Waals surface area (Å²) in [7, 11) is 0. The summed E-state index contributed by atoms with van der Waals surface area (Å²) in [6.07, 6.45) is -1.72. The summed E-state index contributed by atoms with van der Waals surface area (Å²) >= 11 is 0. The maximum Gasteiger partial charge on any atom is 0.240 e. The van der Waals surface area contributed by atoms with E-state index < -0.39 is 30.1 Å². The number of carbonyl (C=O) groups is 1. The first-order chi connectivity index (χ1) is 10.9. The maximum absolute atomic E-state index is 12.6. The lowest BCUT2D eigenvalue weighted by atomic mass is 9.90. The second kappa shape index (κ2) is 6.20. The highest BCUT2D eigenvalue weighted by molar-refractivity contribution is 5.82. The number of hydrogen-bond acceptors (Lipinski definition) is 5. The second-order valence-corrected chi connectivity index (χ2v) is 6.69. The Bertz CT molecular complexity index is 563. The molecule has 2 heterocycles. The van der Waals surface area contributed by atoms with Crippen molar-refractivity contribution in [2.24, 2.45) is 0 Å². The Balaban J connectivity index is 1.69. The van der Waals surface area contributed by atoms with Crippen molar-refractivity contribution >= 4 is 5.91 Å². The summed E-state index contributed by atoms with van der Waals surface area (Å²) in [5, 5.41) is 16.4. The van der Waals surface area contributed by atoms with E-state index in [-0.39, 0.29) is 11.9 Å². The maximum atomic E-state index is 12.6. The van der Waals surface area contributed by atoms with Gasteiger partial charge in [-0.3, -0.25) is 10.1 Å². The van der Waals surface area contributed by atoms with Gasteiger partial charge >= 0.3 is 0 Å². The second-order valence-electron chi connectivity index (χ2n) is 6.69. The molecule has 2 saturated heterocycles. The third-order valence-corrected chi connectivity index (χ3v) is 4.38. The topological polar surface area (TPSA) is 79.8 Å². The minimum Gasteiger partial charge on any atom is -0.389 e. The SMILES string of the molecule is C[C@H]1N[C@@H](C(=O)NCc2ccccc2)[C@@H]2OC(C)(C)O[C@@H]2[C@H]1O. The first kappa shape index (κ1) is 16.4. The average Bonchev–Trinajstić information content (AvgIpc) is 2.85. The van der Waals surface area contributed by atoms with Gasteiger partial charge in [-0.1, -0.05) is 30.3 Å². The van der Waals surface area contributed by atoms with Gasteiger partial charge in [0.15, 0.2) is 5.79 Å². The number of carbonyl (C=O) groups excluding carboxylic acids is 1. The van der Waals surface area contributed by atoms with E-state index in [1.54, 1.807) is 13.8 Å². The third kappa shape index (κ3) is 3.40. The van der Waals surface area contributed by atoms with Crippen molar-refractivity contribution in [3.05, 3.63) is 35.9 Å². The molecule has 1 aromatic rings. The molecule has 3 N–H and O–H groups in total. The summed E-state index contributed by atoms with van der Waals surface area (Å²) in [6.45, 7) is 5.88. The fourth-order valence-corrected chi connectivity index (χ4v) is 3.22. The van der Waals surface area contributed by atoms with E-state index in [2.05, 4.69) is 10.6 Å². The van der Waals surface area contributed by atoms with Crippen molar-refractivity contribution in [1.82, 2.24) is 10.6 Å². The molecule has 126 valence electrons. The fraction of sp³-hybridized carbons (Fsp3) is 0.588. The van der Waals surface area contributed by atoms with Crippen molar-refractivity contribution in [3.8, 4) is 0 Å². The molecule has 0 radical (unpaired) electrons. The molecule has 1 aromatic carbocycles. The van der Waals surface area contributed by atoms with Gasteiger partial charge < -0.3 is 19.9 Å². The number of aliphatic hydroxyl groups is 1. The number of amides is 1. The standard InChI is InChI=1S/C17H24N2O4/c1-10-13(20)15-14(22-17(2,3)23-15)12(19-10)16(21)18-9-11-7-5-4-6-8-11/h4-8,10,12-15,19-20H,9H2,1-3H3,(H,18,21)/t10-,12-,13+,14+,15-/m1/s1. The zero-order valence-corrected chi connectivity index (χ0v) is 13.7. The van der Waals surface area contributed by atoms with Gasteiger partial charge in [0.05, 0.1) is 6.10 Å². The molecule has 5 atom stereocenters. The molecule has 2 aliphatic heterocycles. The average molecular weight is 320 g/mol. The molecular weight excluding hydrogens is 296 g/mol. The number of rotatable bonds is 3. The largest absolute Gasteiger partial charge is 0.389 e. The summed E-state index contributed by atoms with van der Waals surface area (Å²) in [4.78, 5) is 12.6. The van der Waals surface area contributed by atoms with Crippen LogP contribution in [0.1, 0.15) is 26.3 Å². The number of piperidine rings is 1. The highest BCUT2D eigenvalue weighted by atomic mass is 16.8. The van der Waals surface area contributed by atoms with Gasteiger partial charge in [0.25, 0.3) is 0 Å². The smallest absolute Gasteiger partial charge is 0.240 e. The van der Waals surface area contributed by atoms with Gasteiger partial charge in [-0.2, -0.15) is 0 Å². The van der Waals surface area contributed by atoms with Crippen LogP contribution in [0.2, 0.25) is 0 Å². The number of hydrogen-bond donors (Lipinski definition) is 3. The molecule has 0 bridgehead atoms. The number of ether oxygens (including phenoxy) is 2. The van der Waals surface area contributed by atoms with E-state index in [9.17, 15) is 9.90 Å². The molecule has 0 unspecified atom stereocenters. The molecule has 6 nitrogen and oxygen atoms in total. The quantitative estimate of drug-likeness (QED) is 0.758. The Labute approximate surface area is 136 Å². The van der Waals surface area contributed by atoms with Crippen LogP contribution in [-0.4, -0.2) is 47.2 Å². The van der Waals surface area contributed by atoms with Crippen LogP contribution in [0.5, 0.6) is 0 Å². The molecular formula is C17H24N2O4. The third-order valence-electron chi connectivity index (χ3n) is 4.38. The Morgan fingerprint density at radius 2 is 1.91 bits per heavy atom. The van der Waals surface area contributed by atoms with Crippen LogP contribution in [0.25, 0.3) is 0 Å². The molecule has 23 heavy (non-hydrogen) atoms. The molecule has 3 rings (SSSR count). The van der Waals surface area contributed by atoms with Gasteiger partial charge in [-0.05, 0) is 26.3 Å². The highest BCUT2D eigenvalue weighted by Crippen LogP contribution is 2.35. The first-order valence-electron chi connectivity index (χ1n) is 7.99. The van der Waals surface area contributed by atoms with Crippen LogP contribution in [0.15, 0.2) is 30.3 Å². The Kier molecular flexibility index (Phi) is 4.42.